The molecule has 122 valence electrons. The zero-order valence-electron chi connectivity index (χ0n) is 12.5. The Morgan fingerprint density at radius 3 is 2.50 bits per heavy atom. The van der Waals surface area contributed by atoms with Gasteiger partial charge >= 0.3 is 0 Å². The molecule has 0 radical (unpaired) electrons. The van der Waals surface area contributed by atoms with Gasteiger partial charge in [-0.3, -0.25) is 4.79 Å². The summed E-state index contributed by atoms with van der Waals surface area (Å²) in [6.45, 7) is 0.0988. The van der Waals surface area contributed by atoms with E-state index in [2.05, 4.69) is 15.5 Å². The summed E-state index contributed by atoms with van der Waals surface area (Å²) < 4.78 is 0. The number of rotatable bonds is 4. The highest BCUT2D eigenvalue weighted by Gasteiger charge is 2.17. The first kappa shape index (κ1) is 16.2. The van der Waals surface area contributed by atoms with E-state index in [1.54, 1.807) is 42.5 Å². The molecule has 0 spiro atoms. The zero-order valence-corrected chi connectivity index (χ0v) is 13.3. The van der Waals surface area contributed by atoms with Gasteiger partial charge in [-0.1, -0.05) is 29.8 Å². The summed E-state index contributed by atoms with van der Waals surface area (Å²) in [6, 6.07) is 11.9. The molecule has 0 bridgehead atoms. The molecule has 0 aliphatic carbocycles. The van der Waals surface area contributed by atoms with Gasteiger partial charge in [0.2, 0.25) is 0 Å². The molecule has 1 aromatic heterocycles. The third-order valence-corrected chi connectivity index (χ3v) is 3.81. The van der Waals surface area contributed by atoms with Crippen LogP contribution < -0.4 is 5.32 Å². The number of halogens is 1. The van der Waals surface area contributed by atoms with E-state index < -0.39 is 5.91 Å². The van der Waals surface area contributed by atoms with Crippen LogP contribution in [0.5, 0.6) is 5.75 Å². The lowest BCUT2D eigenvalue weighted by Crippen LogP contribution is -2.24. The van der Waals surface area contributed by atoms with Crippen molar-refractivity contribution in [2.24, 2.45) is 0 Å². The van der Waals surface area contributed by atoms with Gasteiger partial charge in [0.25, 0.3) is 5.91 Å². The average molecular weight is 344 g/mol. The van der Waals surface area contributed by atoms with E-state index >= 15 is 0 Å². The zero-order chi connectivity index (χ0) is 17.1. The van der Waals surface area contributed by atoms with Crippen LogP contribution in [0, 0.1) is 0 Å². The molecule has 24 heavy (non-hydrogen) atoms. The van der Waals surface area contributed by atoms with Crippen LogP contribution in [0.3, 0.4) is 0 Å². The molecule has 1 amide bonds. The highest BCUT2D eigenvalue weighted by atomic mass is 35.5. The van der Waals surface area contributed by atoms with Gasteiger partial charge < -0.3 is 15.5 Å². The van der Waals surface area contributed by atoms with E-state index in [0.29, 0.717) is 21.5 Å². The number of aromatic nitrogens is 2. The minimum absolute atomic E-state index is 0.161. The number of amides is 1. The van der Waals surface area contributed by atoms with Crippen LogP contribution in [0.15, 0.2) is 42.5 Å². The predicted octanol–water partition coefficient (Wildman–Crippen LogP) is 2.41. The summed E-state index contributed by atoms with van der Waals surface area (Å²) in [5, 5.41) is 30.9. The largest absolute Gasteiger partial charge is 0.505 e. The van der Waals surface area contributed by atoms with Gasteiger partial charge in [0.05, 0.1) is 12.1 Å². The van der Waals surface area contributed by atoms with Crippen LogP contribution >= 0.6 is 11.6 Å². The van der Waals surface area contributed by atoms with Crippen LogP contribution in [0.4, 0.5) is 0 Å². The van der Waals surface area contributed by atoms with Gasteiger partial charge in [-0.25, -0.2) is 0 Å². The monoisotopic (exact) mass is 343 g/mol. The van der Waals surface area contributed by atoms with Crippen molar-refractivity contribution in [3.8, 4) is 5.75 Å². The molecule has 0 unspecified atom stereocenters. The molecular weight excluding hydrogens is 330 g/mol. The molecule has 7 heteroatoms. The Kier molecular flexibility index (Phi) is 4.59. The van der Waals surface area contributed by atoms with Gasteiger partial charge in [0, 0.05) is 17.0 Å². The third-order valence-electron chi connectivity index (χ3n) is 3.56. The van der Waals surface area contributed by atoms with Crippen molar-refractivity contribution < 1.29 is 15.0 Å². The molecule has 0 saturated heterocycles. The number of fused-ring (bicyclic) bond motifs is 1. The van der Waals surface area contributed by atoms with Crippen molar-refractivity contribution in [2.75, 3.05) is 0 Å². The number of nitrogens with one attached hydrogen (secondary N) is 1. The molecule has 0 fully saturated rings. The Hall–Kier alpha value is -2.70. The SMILES string of the molecule is O=C(NCc1ccc(Cl)cc1)c1nnc2ccc(CO)cc2c1O. The number of hydrogen-bond acceptors (Lipinski definition) is 5. The average Bonchev–Trinajstić information content (AvgIpc) is 2.61. The normalized spacial score (nSPS) is 10.8. The quantitative estimate of drug-likeness (QED) is 0.676. The summed E-state index contributed by atoms with van der Waals surface area (Å²) in [7, 11) is 0. The van der Waals surface area contributed by atoms with Crippen molar-refractivity contribution >= 4 is 28.4 Å². The van der Waals surface area contributed by atoms with Gasteiger partial charge in [-0.15, -0.1) is 10.2 Å². The number of aliphatic hydroxyl groups is 1. The fourth-order valence-corrected chi connectivity index (χ4v) is 2.38. The molecule has 3 aromatic rings. The Bertz CT molecular complexity index is 897. The Labute approximate surface area is 142 Å². The van der Waals surface area contributed by atoms with Crippen molar-refractivity contribution in [3.05, 3.63) is 64.3 Å². The maximum absolute atomic E-state index is 12.3. The van der Waals surface area contributed by atoms with Crippen molar-refractivity contribution in [3.63, 3.8) is 0 Å². The molecular formula is C17H14ClN3O3. The standard InChI is InChI=1S/C17H14ClN3O3/c18-12-4-1-10(2-5-12)8-19-17(24)15-16(23)13-7-11(9-22)3-6-14(13)20-21-15/h1-7,22H,8-9H2,(H,19,24)(H,20,23). The minimum atomic E-state index is -0.536. The lowest BCUT2D eigenvalue weighted by Gasteiger charge is -2.08. The summed E-state index contributed by atoms with van der Waals surface area (Å²) in [5.74, 6) is -0.796. The van der Waals surface area contributed by atoms with Crippen LogP contribution in [0.2, 0.25) is 5.02 Å². The first-order chi connectivity index (χ1) is 11.6. The second-order valence-electron chi connectivity index (χ2n) is 5.22. The molecule has 0 atom stereocenters. The van der Waals surface area contributed by atoms with Crippen molar-refractivity contribution in [2.45, 2.75) is 13.2 Å². The van der Waals surface area contributed by atoms with Crippen molar-refractivity contribution in [1.82, 2.24) is 15.5 Å². The predicted molar refractivity (Wildman–Crippen MR) is 89.7 cm³/mol. The first-order valence-corrected chi connectivity index (χ1v) is 7.58. The summed E-state index contributed by atoms with van der Waals surface area (Å²) in [5.41, 5.74) is 1.76. The van der Waals surface area contributed by atoms with Crippen LogP contribution in [0.25, 0.3) is 10.9 Å². The van der Waals surface area contributed by atoms with E-state index in [4.69, 9.17) is 11.6 Å². The fourth-order valence-electron chi connectivity index (χ4n) is 2.26. The van der Waals surface area contributed by atoms with E-state index in [9.17, 15) is 15.0 Å². The molecule has 0 saturated carbocycles. The number of carbonyl (C=O) groups excluding carboxylic acids is 1. The molecule has 3 rings (SSSR count). The van der Waals surface area contributed by atoms with E-state index in [1.165, 1.54) is 0 Å². The first-order valence-electron chi connectivity index (χ1n) is 7.20. The number of benzene rings is 2. The Morgan fingerprint density at radius 1 is 1.08 bits per heavy atom. The second kappa shape index (κ2) is 6.82. The van der Waals surface area contributed by atoms with Crippen LogP contribution in [-0.2, 0) is 13.2 Å². The molecule has 1 heterocycles. The smallest absolute Gasteiger partial charge is 0.275 e. The maximum atomic E-state index is 12.3. The fraction of sp³-hybridized carbons (Fsp3) is 0.118. The molecule has 6 nitrogen and oxygen atoms in total. The third kappa shape index (κ3) is 3.29. The summed E-state index contributed by atoms with van der Waals surface area (Å²) in [6.07, 6.45) is 0. The topological polar surface area (TPSA) is 95.3 Å². The lowest BCUT2D eigenvalue weighted by atomic mass is 10.1. The molecule has 0 aliphatic rings. The van der Waals surface area contributed by atoms with Crippen molar-refractivity contribution in [1.29, 1.82) is 0 Å². The van der Waals surface area contributed by atoms with E-state index in [0.717, 1.165) is 5.56 Å². The van der Waals surface area contributed by atoms with E-state index in [1.807, 2.05) is 0 Å². The van der Waals surface area contributed by atoms with Gasteiger partial charge in [-0.05, 0) is 35.4 Å². The number of nitrogens with zero attached hydrogens (tertiary/aromatic N) is 2. The highest BCUT2D eigenvalue weighted by molar-refractivity contribution is 6.30. The van der Waals surface area contributed by atoms with Crippen LogP contribution in [0.1, 0.15) is 21.6 Å². The molecule has 3 N–H and O–H groups in total. The number of aliphatic hydroxyl groups excluding tert-OH is 1. The summed E-state index contributed by atoms with van der Waals surface area (Å²) in [4.78, 5) is 12.3. The highest BCUT2D eigenvalue weighted by Crippen LogP contribution is 2.26. The maximum Gasteiger partial charge on any atom is 0.275 e. The number of carbonyl (C=O) groups is 1. The van der Waals surface area contributed by atoms with Gasteiger partial charge in [0.15, 0.2) is 11.4 Å². The minimum Gasteiger partial charge on any atom is -0.505 e. The van der Waals surface area contributed by atoms with Gasteiger partial charge in [0.1, 0.15) is 0 Å². The van der Waals surface area contributed by atoms with E-state index in [-0.39, 0.29) is 24.6 Å². The number of hydrogen-bond donors (Lipinski definition) is 3. The Morgan fingerprint density at radius 2 is 1.79 bits per heavy atom. The summed E-state index contributed by atoms with van der Waals surface area (Å²) >= 11 is 5.81. The number of aromatic hydroxyl groups is 1. The lowest BCUT2D eigenvalue weighted by molar-refractivity contribution is 0.0942. The van der Waals surface area contributed by atoms with Gasteiger partial charge in [-0.2, -0.15) is 0 Å². The Balaban J connectivity index is 1.83. The molecule has 2 aromatic carbocycles. The van der Waals surface area contributed by atoms with Crippen LogP contribution in [-0.4, -0.2) is 26.3 Å². The molecule has 0 aliphatic heterocycles. The second-order valence-corrected chi connectivity index (χ2v) is 5.65.